The molecule has 0 unspecified atom stereocenters. The van der Waals surface area contributed by atoms with Crippen LogP contribution in [0.4, 0.5) is 5.82 Å². The summed E-state index contributed by atoms with van der Waals surface area (Å²) in [5.41, 5.74) is 1.37. The molecule has 0 amide bonds. The number of hydrogen-bond acceptors (Lipinski definition) is 5. The van der Waals surface area contributed by atoms with Gasteiger partial charge in [0.15, 0.2) is 11.3 Å². The fraction of sp³-hybridized carbons (Fsp3) is 0.600. The monoisotopic (exact) mass is 218 g/mol. The third kappa shape index (κ3) is 1.60. The van der Waals surface area contributed by atoms with E-state index in [4.69, 9.17) is 0 Å². The summed E-state index contributed by atoms with van der Waals surface area (Å²) in [7, 11) is 0. The Hall–Kier alpha value is -1.72. The fourth-order valence-corrected chi connectivity index (χ4v) is 2.22. The van der Waals surface area contributed by atoms with Crippen LogP contribution in [-0.2, 0) is 0 Å². The highest BCUT2D eigenvalue weighted by Gasteiger charge is 2.18. The SMILES string of the molecule is Cc1nc(NC2CCCC2)c2n[nH]nc2n1. The van der Waals surface area contributed by atoms with Crippen molar-refractivity contribution in [2.75, 3.05) is 5.32 Å². The lowest BCUT2D eigenvalue weighted by Crippen LogP contribution is -2.16. The molecule has 0 atom stereocenters. The normalized spacial score (nSPS) is 17.1. The number of hydrogen-bond donors (Lipinski definition) is 2. The molecule has 1 saturated carbocycles. The predicted molar refractivity (Wildman–Crippen MR) is 60.1 cm³/mol. The Morgan fingerprint density at radius 3 is 2.81 bits per heavy atom. The van der Waals surface area contributed by atoms with Crippen LogP contribution < -0.4 is 5.32 Å². The van der Waals surface area contributed by atoms with E-state index in [1.54, 1.807) is 0 Å². The first-order valence-corrected chi connectivity index (χ1v) is 5.64. The summed E-state index contributed by atoms with van der Waals surface area (Å²) in [4.78, 5) is 8.61. The second-order valence-electron chi connectivity index (χ2n) is 4.24. The zero-order chi connectivity index (χ0) is 11.0. The molecule has 2 aromatic rings. The summed E-state index contributed by atoms with van der Waals surface area (Å²) in [5.74, 6) is 1.53. The zero-order valence-corrected chi connectivity index (χ0v) is 9.19. The van der Waals surface area contributed by atoms with Crippen LogP contribution in [0, 0.1) is 6.92 Å². The first-order valence-electron chi connectivity index (χ1n) is 5.64. The third-order valence-electron chi connectivity index (χ3n) is 2.99. The molecule has 0 spiro atoms. The van der Waals surface area contributed by atoms with Crippen molar-refractivity contribution in [2.24, 2.45) is 0 Å². The predicted octanol–water partition coefficient (Wildman–Crippen LogP) is 1.41. The minimum absolute atomic E-state index is 0.522. The molecule has 2 heterocycles. The second-order valence-corrected chi connectivity index (χ2v) is 4.24. The van der Waals surface area contributed by atoms with Gasteiger partial charge in [-0.25, -0.2) is 9.97 Å². The van der Waals surface area contributed by atoms with Gasteiger partial charge < -0.3 is 5.32 Å². The largest absolute Gasteiger partial charge is 0.365 e. The molecule has 0 aromatic carbocycles. The number of nitrogens with zero attached hydrogens (tertiary/aromatic N) is 4. The van der Waals surface area contributed by atoms with E-state index in [1.807, 2.05) is 6.92 Å². The molecule has 16 heavy (non-hydrogen) atoms. The van der Waals surface area contributed by atoms with Gasteiger partial charge in [0.2, 0.25) is 5.65 Å². The molecule has 1 aliphatic carbocycles. The summed E-state index contributed by atoms with van der Waals surface area (Å²) < 4.78 is 0. The Morgan fingerprint density at radius 1 is 1.19 bits per heavy atom. The van der Waals surface area contributed by atoms with Crippen molar-refractivity contribution in [3.8, 4) is 0 Å². The topological polar surface area (TPSA) is 79.4 Å². The van der Waals surface area contributed by atoms with Gasteiger partial charge in [0.1, 0.15) is 5.82 Å². The van der Waals surface area contributed by atoms with Gasteiger partial charge in [-0.3, -0.25) is 0 Å². The molecule has 0 aliphatic heterocycles. The van der Waals surface area contributed by atoms with Crippen molar-refractivity contribution in [3.63, 3.8) is 0 Å². The standard InChI is InChI=1S/C10H14N6/c1-6-11-9(13-7-4-2-3-5-7)8-10(12-6)15-16-14-8/h7H,2-5H2,1H3,(H2,11,12,13,14,15,16). The van der Waals surface area contributed by atoms with Gasteiger partial charge in [-0.2, -0.15) is 10.3 Å². The molecular formula is C10H14N6. The summed E-state index contributed by atoms with van der Waals surface area (Å²) >= 11 is 0. The van der Waals surface area contributed by atoms with Gasteiger partial charge in [0.05, 0.1) is 0 Å². The maximum Gasteiger partial charge on any atom is 0.207 e. The van der Waals surface area contributed by atoms with Crippen molar-refractivity contribution < 1.29 is 0 Å². The lowest BCUT2D eigenvalue weighted by molar-refractivity contribution is 0.750. The van der Waals surface area contributed by atoms with E-state index in [1.165, 1.54) is 25.7 Å². The molecular weight excluding hydrogens is 204 g/mol. The molecule has 0 radical (unpaired) electrons. The third-order valence-corrected chi connectivity index (χ3v) is 2.99. The van der Waals surface area contributed by atoms with E-state index in [2.05, 4.69) is 30.7 Å². The quantitative estimate of drug-likeness (QED) is 0.796. The average molecular weight is 218 g/mol. The number of rotatable bonds is 2. The highest BCUT2D eigenvalue weighted by Crippen LogP contribution is 2.23. The minimum atomic E-state index is 0.522. The first kappa shape index (κ1) is 9.50. The van der Waals surface area contributed by atoms with Crippen molar-refractivity contribution in [1.29, 1.82) is 0 Å². The first-order chi connectivity index (χ1) is 7.83. The van der Waals surface area contributed by atoms with Gasteiger partial charge in [0, 0.05) is 6.04 Å². The molecule has 3 rings (SSSR count). The van der Waals surface area contributed by atoms with Crippen molar-refractivity contribution in [2.45, 2.75) is 38.6 Å². The molecule has 1 fully saturated rings. The highest BCUT2D eigenvalue weighted by atomic mass is 15.4. The molecule has 6 heteroatoms. The Morgan fingerprint density at radius 2 is 2.00 bits per heavy atom. The Bertz CT molecular complexity index is 499. The molecule has 0 saturated heterocycles. The van der Waals surface area contributed by atoms with Gasteiger partial charge >= 0.3 is 0 Å². The average Bonchev–Trinajstić information content (AvgIpc) is 2.87. The Labute approximate surface area is 92.9 Å². The van der Waals surface area contributed by atoms with Crippen LogP contribution in [0.15, 0.2) is 0 Å². The van der Waals surface area contributed by atoms with Crippen LogP contribution in [0.1, 0.15) is 31.5 Å². The lowest BCUT2D eigenvalue weighted by Gasteiger charge is -2.12. The van der Waals surface area contributed by atoms with E-state index >= 15 is 0 Å². The van der Waals surface area contributed by atoms with Gasteiger partial charge in [-0.1, -0.05) is 12.8 Å². The van der Waals surface area contributed by atoms with E-state index in [-0.39, 0.29) is 0 Å². The molecule has 6 nitrogen and oxygen atoms in total. The van der Waals surface area contributed by atoms with Crippen molar-refractivity contribution in [1.82, 2.24) is 25.4 Å². The number of aryl methyl sites for hydroxylation is 1. The minimum Gasteiger partial charge on any atom is -0.365 e. The molecule has 2 aromatic heterocycles. The summed E-state index contributed by atoms with van der Waals surface area (Å²) in [6, 6.07) is 0.522. The molecule has 0 bridgehead atoms. The zero-order valence-electron chi connectivity index (χ0n) is 9.19. The Balaban J connectivity index is 1.97. The van der Waals surface area contributed by atoms with Crippen LogP contribution in [0.2, 0.25) is 0 Å². The molecule has 84 valence electrons. The van der Waals surface area contributed by atoms with Gasteiger partial charge in [0.25, 0.3) is 0 Å². The van der Waals surface area contributed by atoms with E-state index in [9.17, 15) is 0 Å². The summed E-state index contributed by atoms with van der Waals surface area (Å²) in [6.07, 6.45) is 5.01. The maximum atomic E-state index is 4.39. The Kier molecular flexibility index (Phi) is 2.19. The highest BCUT2D eigenvalue weighted by molar-refractivity contribution is 5.81. The van der Waals surface area contributed by atoms with E-state index in [0.29, 0.717) is 11.7 Å². The van der Waals surface area contributed by atoms with Crippen LogP contribution in [0.5, 0.6) is 0 Å². The van der Waals surface area contributed by atoms with Crippen LogP contribution in [0.25, 0.3) is 11.2 Å². The second kappa shape index (κ2) is 3.70. The maximum absolute atomic E-state index is 4.39. The van der Waals surface area contributed by atoms with Crippen LogP contribution in [-0.4, -0.2) is 31.4 Å². The molecule has 2 N–H and O–H groups in total. The molecule has 1 aliphatic rings. The van der Waals surface area contributed by atoms with E-state index < -0.39 is 0 Å². The number of fused-ring (bicyclic) bond motifs is 1. The summed E-state index contributed by atoms with van der Waals surface area (Å²) in [6.45, 7) is 1.87. The smallest absolute Gasteiger partial charge is 0.207 e. The number of aromatic amines is 1. The number of aromatic nitrogens is 5. The summed E-state index contributed by atoms with van der Waals surface area (Å²) in [5, 5.41) is 14.1. The van der Waals surface area contributed by atoms with Gasteiger partial charge in [-0.05, 0) is 19.8 Å². The van der Waals surface area contributed by atoms with Crippen LogP contribution in [0.3, 0.4) is 0 Å². The number of anilines is 1. The van der Waals surface area contributed by atoms with Crippen molar-refractivity contribution in [3.05, 3.63) is 5.82 Å². The van der Waals surface area contributed by atoms with E-state index in [0.717, 1.165) is 17.2 Å². The fourth-order valence-electron chi connectivity index (χ4n) is 2.22. The van der Waals surface area contributed by atoms with Crippen LogP contribution >= 0.6 is 0 Å². The lowest BCUT2D eigenvalue weighted by atomic mass is 10.2. The number of H-pyrrole nitrogens is 1. The van der Waals surface area contributed by atoms with Gasteiger partial charge in [-0.15, -0.1) is 5.10 Å². The number of nitrogens with one attached hydrogen (secondary N) is 2. The van der Waals surface area contributed by atoms with Crippen molar-refractivity contribution >= 4 is 17.0 Å².